The fourth-order valence-electron chi connectivity index (χ4n) is 3.65. The van der Waals surface area contributed by atoms with Crippen LogP contribution in [0.25, 0.3) is 10.9 Å². The van der Waals surface area contributed by atoms with Gasteiger partial charge in [0.05, 0.1) is 0 Å². The van der Waals surface area contributed by atoms with Gasteiger partial charge >= 0.3 is 0 Å². The summed E-state index contributed by atoms with van der Waals surface area (Å²) < 4.78 is 0. The van der Waals surface area contributed by atoms with Gasteiger partial charge in [0.25, 0.3) is 0 Å². The zero-order valence-electron chi connectivity index (χ0n) is 14.2. The van der Waals surface area contributed by atoms with Gasteiger partial charge in [-0.15, -0.1) is 0 Å². The van der Waals surface area contributed by atoms with Crippen molar-refractivity contribution in [2.24, 2.45) is 5.92 Å². The van der Waals surface area contributed by atoms with Crippen molar-refractivity contribution in [2.45, 2.75) is 19.4 Å². The zero-order valence-corrected chi connectivity index (χ0v) is 14.2. The number of carbonyl (C=O) groups is 1. The monoisotopic (exact) mass is 333 g/mol. The maximum Gasteiger partial charge on any atom is 0.227 e. The Kier molecular flexibility index (Phi) is 4.53. The Morgan fingerprint density at radius 1 is 1.04 bits per heavy atom. The lowest BCUT2D eigenvalue weighted by molar-refractivity contribution is -0.121. The second-order valence-electron chi connectivity index (χ2n) is 6.76. The van der Waals surface area contributed by atoms with Crippen molar-refractivity contribution in [1.29, 1.82) is 0 Å². The number of para-hydroxylation sites is 1. The molecule has 25 heavy (non-hydrogen) atoms. The third-order valence-electron chi connectivity index (χ3n) is 5.08. The van der Waals surface area contributed by atoms with Gasteiger partial charge in [-0.3, -0.25) is 9.69 Å². The average molecular weight is 333 g/mol. The molecule has 1 saturated heterocycles. The standard InChI is InChI=1S/C21H23N3O/c25-21(23-18-6-2-1-3-7-18)16-10-13-24(14-11-16)15-17-5-4-8-20-19(17)9-12-22-20/h1-9,12,16,22H,10-11,13-15H2,(H,23,25). The molecule has 0 radical (unpaired) electrons. The fourth-order valence-corrected chi connectivity index (χ4v) is 3.65. The summed E-state index contributed by atoms with van der Waals surface area (Å²) in [4.78, 5) is 18.2. The van der Waals surface area contributed by atoms with Crippen molar-refractivity contribution >= 4 is 22.5 Å². The molecule has 1 aromatic heterocycles. The Balaban J connectivity index is 1.34. The van der Waals surface area contributed by atoms with E-state index in [0.717, 1.165) is 38.2 Å². The Bertz CT molecular complexity index is 848. The van der Waals surface area contributed by atoms with Gasteiger partial charge in [-0.25, -0.2) is 0 Å². The Morgan fingerprint density at radius 3 is 2.64 bits per heavy atom. The van der Waals surface area contributed by atoms with Crippen molar-refractivity contribution in [1.82, 2.24) is 9.88 Å². The number of nitrogens with zero attached hydrogens (tertiary/aromatic N) is 1. The molecule has 0 unspecified atom stereocenters. The quantitative estimate of drug-likeness (QED) is 0.757. The van der Waals surface area contributed by atoms with Crippen molar-refractivity contribution in [3.63, 3.8) is 0 Å². The van der Waals surface area contributed by atoms with Crippen LogP contribution >= 0.6 is 0 Å². The van der Waals surface area contributed by atoms with Gasteiger partial charge in [-0.1, -0.05) is 30.3 Å². The highest BCUT2D eigenvalue weighted by molar-refractivity contribution is 5.92. The van der Waals surface area contributed by atoms with Crippen molar-refractivity contribution in [3.05, 3.63) is 66.4 Å². The molecule has 3 aromatic rings. The van der Waals surface area contributed by atoms with Crippen LogP contribution in [0.1, 0.15) is 18.4 Å². The lowest BCUT2D eigenvalue weighted by atomic mass is 9.95. The van der Waals surface area contributed by atoms with Crippen molar-refractivity contribution in [2.75, 3.05) is 18.4 Å². The molecule has 0 bridgehead atoms. The average Bonchev–Trinajstić information content (AvgIpc) is 3.13. The first-order valence-corrected chi connectivity index (χ1v) is 8.93. The van der Waals surface area contributed by atoms with Gasteiger partial charge in [-0.2, -0.15) is 0 Å². The van der Waals surface area contributed by atoms with E-state index in [1.807, 2.05) is 36.5 Å². The molecule has 1 aliphatic heterocycles. The molecule has 2 aromatic carbocycles. The van der Waals surface area contributed by atoms with Crippen molar-refractivity contribution < 1.29 is 4.79 Å². The molecule has 4 nitrogen and oxygen atoms in total. The van der Waals surface area contributed by atoms with E-state index in [9.17, 15) is 4.79 Å². The minimum atomic E-state index is 0.111. The Hall–Kier alpha value is -2.59. The number of anilines is 1. The molecule has 4 heteroatoms. The number of aromatic nitrogens is 1. The number of amides is 1. The molecular weight excluding hydrogens is 310 g/mol. The molecule has 2 N–H and O–H groups in total. The number of H-pyrrole nitrogens is 1. The van der Waals surface area contributed by atoms with Gasteiger partial charge in [0.2, 0.25) is 5.91 Å². The number of piperidine rings is 1. The molecular formula is C21H23N3O. The summed E-state index contributed by atoms with van der Waals surface area (Å²) in [5.74, 6) is 0.262. The van der Waals surface area contributed by atoms with Crippen molar-refractivity contribution in [3.8, 4) is 0 Å². The first-order chi connectivity index (χ1) is 12.3. The first kappa shape index (κ1) is 15.9. The SMILES string of the molecule is O=C(Nc1ccccc1)C1CCN(Cc2cccc3[nH]ccc23)CC1. The molecule has 0 atom stereocenters. The van der Waals surface area contributed by atoms with E-state index in [1.54, 1.807) is 0 Å². The highest BCUT2D eigenvalue weighted by Gasteiger charge is 2.25. The molecule has 2 heterocycles. The number of carbonyl (C=O) groups excluding carboxylic acids is 1. The van der Waals surface area contributed by atoms with Crippen LogP contribution in [0.4, 0.5) is 5.69 Å². The van der Waals surface area contributed by atoms with E-state index < -0.39 is 0 Å². The number of nitrogens with one attached hydrogen (secondary N) is 2. The minimum absolute atomic E-state index is 0.111. The number of rotatable bonds is 4. The second-order valence-corrected chi connectivity index (χ2v) is 6.76. The Morgan fingerprint density at radius 2 is 1.84 bits per heavy atom. The first-order valence-electron chi connectivity index (χ1n) is 8.93. The van der Waals surface area contributed by atoms with Crippen LogP contribution in [0, 0.1) is 5.92 Å². The predicted octanol–water partition coefficient (Wildman–Crippen LogP) is 4.02. The van der Waals surface area contributed by atoms with E-state index in [2.05, 4.69) is 39.5 Å². The molecule has 0 spiro atoms. The van der Waals surface area contributed by atoms with Crippen LogP contribution in [-0.2, 0) is 11.3 Å². The van der Waals surface area contributed by atoms with Gasteiger partial charge in [0.15, 0.2) is 0 Å². The lowest BCUT2D eigenvalue weighted by Gasteiger charge is -2.31. The van der Waals surface area contributed by atoms with Gasteiger partial charge in [0.1, 0.15) is 0 Å². The molecule has 0 saturated carbocycles. The predicted molar refractivity (Wildman–Crippen MR) is 101 cm³/mol. The zero-order chi connectivity index (χ0) is 17.1. The highest BCUT2D eigenvalue weighted by Crippen LogP contribution is 2.24. The van der Waals surface area contributed by atoms with Crippen LogP contribution in [-0.4, -0.2) is 28.9 Å². The molecule has 128 valence electrons. The van der Waals surface area contributed by atoms with Crippen LogP contribution in [0.5, 0.6) is 0 Å². The summed E-state index contributed by atoms with van der Waals surface area (Å²) in [6.45, 7) is 2.88. The maximum atomic E-state index is 12.4. The number of hydrogen-bond donors (Lipinski definition) is 2. The molecule has 1 aliphatic rings. The largest absolute Gasteiger partial charge is 0.361 e. The molecule has 4 rings (SSSR count). The van der Waals surface area contributed by atoms with Crippen LogP contribution in [0.15, 0.2) is 60.8 Å². The summed E-state index contributed by atoms with van der Waals surface area (Å²) in [6, 6.07) is 18.3. The summed E-state index contributed by atoms with van der Waals surface area (Å²) in [5.41, 5.74) is 3.43. The van der Waals surface area contributed by atoms with Gasteiger partial charge < -0.3 is 10.3 Å². The smallest absolute Gasteiger partial charge is 0.227 e. The lowest BCUT2D eigenvalue weighted by Crippen LogP contribution is -2.37. The van der Waals surface area contributed by atoms with Crippen LogP contribution in [0.3, 0.4) is 0 Å². The number of hydrogen-bond acceptors (Lipinski definition) is 2. The number of aromatic amines is 1. The highest BCUT2D eigenvalue weighted by atomic mass is 16.1. The van der Waals surface area contributed by atoms with Crippen LogP contribution < -0.4 is 5.32 Å². The molecule has 0 aliphatic carbocycles. The summed E-state index contributed by atoms with van der Waals surface area (Å²) in [7, 11) is 0. The van der Waals surface area contributed by atoms with E-state index >= 15 is 0 Å². The normalized spacial score (nSPS) is 16.2. The van der Waals surface area contributed by atoms with Gasteiger partial charge in [-0.05, 0) is 55.8 Å². The second kappa shape index (κ2) is 7.11. The Labute approximate surface area is 147 Å². The molecule has 1 amide bonds. The summed E-state index contributed by atoms with van der Waals surface area (Å²) in [6.07, 6.45) is 3.83. The van der Waals surface area contributed by atoms with Gasteiger partial charge in [0, 0.05) is 35.2 Å². The third kappa shape index (κ3) is 3.59. The number of fused-ring (bicyclic) bond motifs is 1. The minimum Gasteiger partial charge on any atom is -0.361 e. The van der Waals surface area contributed by atoms with E-state index in [-0.39, 0.29) is 11.8 Å². The number of likely N-dealkylation sites (tertiary alicyclic amines) is 1. The number of benzene rings is 2. The summed E-state index contributed by atoms with van der Waals surface area (Å²) in [5, 5.41) is 4.33. The van der Waals surface area contributed by atoms with Crippen LogP contribution in [0.2, 0.25) is 0 Å². The summed E-state index contributed by atoms with van der Waals surface area (Å²) >= 11 is 0. The maximum absolute atomic E-state index is 12.4. The fraction of sp³-hybridized carbons (Fsp3) is 0.286. The van der Waals surface area contributed by atoms with E-state index in [1.165, 1.54) is 16.5 Å². The third-order valence-corrected chi connectivity index (χ3v) is 5.08. The van der Waals surface area contributed by atoms with E-state index in [4.69, 9.17) is 0 Å². The molecule has 1 fully saturated rings. The topological polar surface area (TPSA) is 48.1 Å². The van der Waals surface area contributed by atoms with E-state index in [0.29, 0.717) is 0 Å².